The number of fused-ring (bicyclic) bond motifs is 1. The van der Waals surface area contributed by atoms with Gasteiger partial charge in [0, 0.05) is 37.9 Å². The molecule has 0 saturated carbocycles. The highest BCUT2D eigenvalue weighted by Crippen LogP contribution is 2.49. The van der Waals surface area contributed by atoms with E-state index in [2.05, 4.69) is 10.6 Å². The normalized spacial score (nSPS) is 22.7. The van der Waals surface area contributed by atoms with Crippen molar-refractivity contribution in [2.75, 3.05) is 38.6 Å². The number of aliphatic hydroxyl groups is 1. The van der Waals surface area contributed by atoms with E-state index in [0.717, 1.165) is 23.6 Å². The van der Waals surface area contributed by atoms with Crippen LogP contribution in [0.3, 0.4) is 0 Å². The number of aliphatic carboxylic acids is 1. The zero-order valence-electron chi connectivity index (χ0n) is 22.7. The topological polar surface area (TPSA) is 203 Å². The average molecular weight is 604 g/mol. The van der Waals surface area contributed by atoms with Crippen molar-refractivity contribution in [3.63, 3.8) is 0 Å². The number of esters is 1. The summed E-state index contributed by atoms with van der Waals surface area (Å²) in [4.78, 5) is 89.4. The first kappa shape index (κ1) is 30.5. The van der Waals surface area contributed by atoms with E-state index in [-0.39, 0.29) is 37.6 Å². The lowest BCUT2D eigenvalue weighted by Crippen LogP contribution is -2.80. The van der Waals surface area contributed by atoms with E-state index < -0.39 is 70.9 Å². The van der Waals surface area contributed by atoms with Crippen LogP contribution >= 0.6 is 11.8 Å². The molecule has 1 aromatic carbocycles. The molecule has 16 heteroatoms. The number of hydrogen-bond donors (Lipinski definition) is 4. The van der Waals surface area contributed by atoms with Gasteiger partial charge in [-0.3, -0.25) is 33.8 Å². The van der Waals surface area contributed by atoms with Crippen LogP contribution < -0.4 is 10.6 Å². The number of imide groups is 1. The molecule has 224 valence electrons. The lowest BCUT2D eigenvalue weighted by atomic mass is 9.91. The number of hydrogen-bond acceptors (Lipinski definition) is 10. The molecule has 2 fully saturated rings. The van der Waals surface area contributed by atoms with Crippen LogP contribution in [-0.4, -0.2) is 116 Å². The van der Waals surface area contributed by atoms with Crippen molar-refractivity contribution >= 4 is 53.4 Å². The maximum absolute atomic E-state index is 13.6. The Balaban J connectivity index is 1.57. The number of β-lactam (4-membered cyclic amide) rings is 1. The Bertz CT molecular complexity index is 1370. The van der Waals surface area contributed by atoms with E-state index in [1.807, 2.05) is 0 Å². The molecule has 0 spiro atoms. The highest BCUT2D eigenvalue weighted by Gasteiger charge is 2.65. The number of carbonyl (C=O) groups excluding carboxylic acids is 6. The molecule has 15 nitrogen and oxygen atoms in total. The lowest BCUT2D eigenvalue weighted by Gasteiger charge is -2.58. The van der Waals surface area contributed by atoms with Gasteiger partial charge < -0.3 is 30.5 Å². The van der Waals surface area contributed by atoms with Gasteiger partial charge in [-0.15, -0.1) is 11.8 Å². The zero-order chi connectivity index (χ0) is 30.8. The Morgan fingerprint density at radius 1 is 1.12 bits per heavy atom. The second-order valence-corrected chi connectivity index (χ2v) is 10.9. The SMILES string of the molecule is CCN1CCN(C(=O)NC(C(=O)N[C@H]2C(=O)N3C(C(=O)O)=C(COC(C)=O)CSC23CO)c2ccccc2)C(=O)C1=O. The van der Waals surface area contributed by atoms with Crippen LogP contribution in [0.2, 0.25) is 0 Å². The molecule has 0 radical (unpaired) electrons. The fourth-order valence-corrected chi connectivity index (χ4v) is 6.30. The average Bonchev–Trinajstić information content (AvgIpc) is 2.98. The molecular formula is C26H29N5O10S. The minimum Gasteiger partial charge on any atom is -0.477 e. The third-order valence-corrected chi connectivity index (χ3v) is 8.66. The minimum atomic E-state index is -1.58. The molecule has 3 aliphatic rings. The van der Waals surface area contributed by atoms with E-state index in [1.165, 1.54) is 17.0 Å². The largest absolute Gasteiger partial charge is 0.477 e. The number of carboxylic acid groups (broad SMARTS) is 1. The first-order valence-electron chi connectivity index (χ1n) is 12.9. The zero-order valence-corrected chi connectivity index (χ0v) is 23.5. The van der Waals surface area contributed by atoms with Gasteiger partial charge in [0.1, 0.15) is 29.3 Å². The van der Waals surface area contributed by atoms with Crippen LogP contribution in [-0.2, 0) is 33.5 Å². The molecule has 0 aliphatic carbocycles. The number of rotatable bonds is 9. The predicted octanol–water partition coefficient (Wildman–Crippen LogP) is -1.21. The second-order valence-electron chi connectivity index (χ2n) is 9.58. The molecule has 42 heavy (non-hydrogen) atoms. The molecule has 3 aliphatic heterocycles. The summed E-state index contributed by atoms with van der Waals surface area (Å²) < 4.78 is 4.92. The smallest absolute Gasteiger partial charge is 0.352 e. The van der Waals surface area contributed by atoms with Crippen molar-refractivity contribution in [3.8, 4) is 0 Å². The van der Waals surface area contributed by atoms with Gasteiger partial charge in [-0.25, -0.2) is 9.59 Å². The molecule has 2 saturated heterocycles. The van der Waals surface area contributed by atoms with Crippen LogP contribution in [0.4, 0.5) is 4.79 Å². The number of likely N-dealkylation sites (N-methyl/N-ethyl adjacent to an activating group) is 1. The van der Waals surface area contributed by atoms with Crippen molar-refractivity contribution in [1.29, 1.82) is 0 Å². The first-order chi connectivity index (χ1) is 20.0. The number of carbonyl (C=O) groups is 7. The summed E-state index contributed by atoms with van der Waals surface area (Å²) in [5.74, 6) is -5.77. The first-order valence-corrected chi connectivity index (χ1v) is 13.9. The Kier molecular flexibility index (Phi) is 8.86. The number of carboxylic acids is 1. The fourth-order valence-electron chi connectivity index (χ4n) is 4.93. The van der Waals surface area contributed by atoms with Gasteiger partial charge in [0.25, 0.3) is 5.91 Å². The second kappa shape index (κ2) is 12.2. The lowest BCUT2D eigenvalue weighted by molar-refractivity contribution is -0.160. The van der Waals surface area contributed by atoms with Crippen LogP contribution in [0.15, 0.2) is 41.6 Å². The fraction of sp³-hybridized carbons (Fsp3) is 0.423. The van der Waals surface area contributed by atoms with Crippen molar-refractivity contribution < 1.29 is 48.5 Å². The number of thioether (sulfide) groups is 1. The van der Waals surface area contributed by atoms with Crippen LogP contribution in [0.25, 0.3) is 0 Å². The number of amides is 6. The number of nitrogens with zero attached hydrogens (tertiary/aromatic N) is 3. The molecule has 3 atom stereocenters. The summed E-state index contributed by atoms with van der Waals surface area (Å²) in [6.07, 6.45) is 0. The number of ether oxygens (including phenoxy) is 1. The highest BCUT2D eigenvalue weighted by atomic mass is 32.2. The predicted molar refractivity (Wildman–Crippen MR) is 144 cm³/mol. The Labute approximate surface area is 243 Å². The maximum Gasteiger partial charge on any atom is 0.352 e. The van der Waals surface area contributed by atoms with Crippen LogP contribution in [0.1, 0.15) is 25.5 Å². The van der Waals surface area contributed by atoms with Gasteiger partial charge in [0.05, 0.1) is 6.61 Å². The Morgan fingerprint density at radius 3 is 2.40 bits per heavy atom. The van der Waals surface area contributed by atoms with E-state index in [9.17, 15) is 43.8 Å². The summed E-state index contributed by atoms with van der Waals surface area (Å²) in [5, 5.41) is 25.1. The van der Waals surface area contributed by atoms with Crippen molar-refractivity contribution in [2.45, 2.75) is 30.8 Å². The molecule has 3 heterocycles. The molecule has 1 aromatic rings. The van der Waals surface area contributed by atoms with E-state index in [4.69, 9.17) is 4.74 Å². The van der Waals surface area contributed by atoms with Gasteiger partial charge in [-0.05, 0) is 12.5 Å². The number of aliphatic hydroxyl groups excluding tert-OH is 1. The van der Waals surface area contributed by atoms with Gasteiger partial charge in [-0.1, -0.05) is 30.3 Å². The van der Waals surface area contributed by atoms with Crippen LogP contribution in [0.5, 0.6) is 0 Å². The van der Waals surface area contributed by atoms with Gasteiger partial charge >= 0.3 is 29.8 Å². The molecule has 4 N–H and O–H groups in total. The minimum absolute atomic E-state index is 0.0235. The number of urea groups is 1. The summed E-state index contributed by atoms with van der Waals surface area (Å²) in [6.45, 7) is 2.06. The summed E-state index contributed by atoms with van der Waals surface area (Å²) >= 11 is 0.988. The van der Waals surface area contributed by atoms with Crippen molar-refractivity contribution in [2.24, 2.45) is 0 Å². The molecule has 2 unspecified atom stereocenters. The van der Waals surface area contributed by atoms with Crippen LogP contribution in [0, 0.1) is 0 Å². The summed E-state index contributed by atoms with van der Waals surface area (Å²) in [5.41, 5.74) is -0.0225. The monoisotopic (exact) mass is 603 g/mol. The van der Waals surface area contributed by atoms with E-state index in [1.54, 1.807) is 25.1 Å². The molecule has 0 bridgehead atoms. The van der Waals surface area contributed by atoms with E-state index >= 15 is 0 Å². The standard InChI is InChI=1S/C26H29N5O10S/c1-3-29-9-10-30(23(37)22(29)36)25(40)27-17(15-7-5-4-6-8-15)20(34)28-19-21(35)31-18(24(38)39)16(11-41-14(2)33)12-42-26(19,31)13-32/h4-8,17,19,32H,3,9-13H2,1-2H3,(H,27,40)(H,28,34)(H,38,39)/t17?,19-,26?/m0/s1. The molecule has 6 amide bonds. The van der Waals surface area contributed by atoms with Gasteiger partial charge in [0.15, 0.2) is 0 Å². The highest BCUT2D eigenvalue weighted by molar-refractivity contribution is 8.01. The van der Waals surface area contributed by atoms with Crippen molar-refractivity contribution in [1.82, 2.24) is 25.3 Å². The van der Waals surface area contributed by atoms with Gasteiger partial charge in [0.2, 0.25) is 5.91 Å². The van der Waals surface area contributed by atoms with Crippen molar-refractivity contribution in [3.05, 3.63) is 47.2 Å². The molecule has 4 rings (SSSR count). The third kappa shape index (κ3) is 5.42. The summed E-state index contributed by atoms with van der Waals surface area (Å²) in [7, 11) is 0. The molecule has 0 aromatic heterocycles. The van der Waals surface area contributed by atoms with E-state index in [0.29, 0.717) is 10.5 Å². The maximum atomic E-state index is 13.6. The Hall–Kier alpha value is -4.44. The number of piperazine rings is 1. The molecular weight excluding hydrogens is 574 g/mol. The van der Waals surface area contributed by atoms with Gasteiger partial charge in [-0.2, -0.15) is 0 Å². The third-order valence-electron chi connectivity index (χ3n) is 7.12. The number of benzene rings is 1. The summed E-state index contributed by atoms with van der Waals surface area (Å²) in [6, 6.07) is 4.14. The number of nitrogens with one attached hydrogen (secondary N) is 2. The quantitative estimate of drug-likeness (QED) is 0.150. The Morgan fingerprint density at radius 2 is 1.81 bits per heavy atom.